The second-order valence-electron chi connectivity index (χ2n) is 9.68. The predicted octanol–water partition coefficient (Wildman–Crippen LogP) is 5.81. The summed E-state index contributed by atoms with van der Waals surface area (Å²) in [4.78, 5) is 2.50. The highest BCUT2D eigenvalue weighted by molar-refractivity contribution is 7.99. The average molecular weight is 491 g/mol. The summed E-state index contributed by atoms with van der Waals surface area (Å²) in [6, 6.07) is 9.08. The van der Waals surface area contributed by atoms with Crippen LogP contribution in [0.4, 0.5) is 13.2 Å². The van der Waals surface area contributed by atoms with E-state index in [0.29, 0.717) is 11.5 Å². The van der Waals surface area contributed by atoms with Crippen LogP contribution in [0.25, 0.3) is 11.6 Å². The minimum Gasteiger partial charge on any atom is -0.461 e. The van der Waals surface area contributed by atoms with Crippen LogP contribution in [0.3, 0.4) is 0 Å². The Kier molecular flexibility index (Phi) is 6.04. The maximum absolute atomic E-state index is 13.0. The van der Waals surface area contributed by atoms with Gasteiger partial charge in [-0.1, -0.05) is 36.0 Å². The molecular formula is C25H29F3N4OS. The molecule has 2 aliphatic rings. The Labute approximate surface area is 201 Å². The number of alkyl halides is 3. The Morgan fingerprint density at radius 3 is 2.65 bits per heavy atom. The SMILES string of the molecule is Cc1ccoc1-c1nnc(SCCCN2C[C@@H]3C[C@]3(c3ccc(C(C)C(F)(F)F)cc3)C2)n1C. The van der Waals surface area contributed by atoms with Gasteiger partial charge in [0.15, 0.2) is 16.7 Å². The third kappa shape index (κ3) is 4.28. The third-order valence-corrected chi connectivity index (χ3v) is 8.55. The van der Waals surface area contributed by atoms with Gasteiger partial charge in [-0.15, -0.1) is 10.2 Å². The van der Waals surface area contributed by atoms with Gasteiger partial charge in [-0.05, 0) is 61.9 Å². The Morgan fingerprint density at radius 2 is 1.97 bits per heavy atom. The lowest BCUT2D eigenvalue weighted by molar-refractivity contribution is -0.146. The van der Waals surface area contributed by atoms with Crippen LogP contribution in [0.2, 0.25) is 0 Å². The zero-order valence-corrected chi connectivity index (χ0v) is 20.4. The first-order chi connectivity index (χ1) is 16.2. The standard InChI is InChI=1S/C25H29F3N4OS/c1-16-9-11-33-21(16)22-29-30-23(31(22)3)34-12-4-10-32-14-20-13-24(20,15-32)19-7-5-18(6-8-19)17(2)25(26,27)28/h5-9,11,17,20H,4,10,12-15H2,1-3H3/t17?,20-,24+/m0/s1. The van der Waals surface area contributed by atoms with Crippen LogP contribution in [-0.4, -0.2) is 51.2 Å². The summed E-state index contributed by atoms with van der Waals surface area (Å²) in [5.41, 5.74) is 2.70. The largest absolute Gasteiger partial charge is 0.461 e. The third-order valence-electron chi connectivity index (χ3n) is 7.44. The molecular weight excluding hydrogens is 461 g/mol. The fourth-order valence-electron chi connectivity index (χ4n) is 5.19. The van der Waals surface area contributed by atoms with E-state index in [1.807, 2.05) is 36.7 Å². The molecule has 1 saturated carbocycles. The van der Waals surface area contributed by atoms with E-state index in [0.717, 1.165) is 60.5 Å². The second-order valence-corrected chi connectivity index (χ2v) is 10.7. The molecule has 9 heteroatoms. The van der Waals surface area contributed by atoms with E-state index in [-0.39, 0.29) is 5.41 Å². The summed E-state index contributed by atoms with van der Waals surface area (Å²) in [6.07, 6.45) is -0.358. The maximum Gasteiger partial charge on any atom is 0.395 e. The molecule has 3 heterocycles. The monoisotopic (exact) mass is 490 g/mol. The van der Waals surface area contributed by atoms with Crippen molar-refractivity contribution >= 4 is 11.8 Å². The Morgan fingerprint density at radius 1 is 1.21 bits per heavy atom. The molecule has 1 aliphatic carbocycles. The first-order valence-corrected chi connectivity index (χ1v) is 12.6. The van der Waals surface area contributed by atoms with Crippen molar-refractivity contribution in [3.05, 3.63) is 53.3 Å². The van der Waals surface area contributed by atoms with Crippen molar-refractivity contribution in [2.45, 2.75) is 49.4 Å². The Balaban J connectivity index is 1.12. The minimum absolute atomic E-state index is 0.131. The lowest BCUT2D eigenvalue weighted by Gasteiger charge is -2.22. The van der Waals surface area contributed by atoms with Crippen molar-refractivity contribution in [2.75, 3.05) is 25.4 Å². The minimum atomic E-state index is -4.20. The zero-order valence-electron chi connectivity index (χ0n) is 19.6. The summed E-state index contributed by atoms with van der Waals surface area (Å²) >= 11 is 1.70. The summed E-state index contributed by atoms with van der Waals surface area (Å²) in [5.74, 6) is 1.62. The van der Waals surface area contributed by atoms with Crippen molar-refractivity contribution in [3.63, 3.8) is 0 Å². The van der Waals surface area contributed by atoms with Crippen LogP contribution in [0.1, 0.15) is 42.4 Å². The summed E-state index contributed by atoms with van der Waals surface area (Å²) in [5, 5.41) is 9.48. The van der Waals surface area contributed by atoms with Gasteiger partial charge in [0.25, 0.3) is 0 Å². The van der Waals surface area contributed by atoms with Crippen molar-refractivity contribution in [1.29, 1.82) is 0 Å². The van der Waals surface area contributed by atoms with Crippen LogP contribution in [0, 0.1) is 12.8 Å². The highest BCUT2D eigenvalue weighted by Crippen LogP contribution is 2.59. The van der Waals surface area contributed by atoms with Gasteiger partial charge in [-0.2, -0.15) is 13.2 Å². The first-order valence-electron chi connectivity index (χ1n) is 11.7. The van der Waals surface area contributed by atoms with Gasteiger partial charge >= 0.3 is 6.18 Å². The van der Waals surface area contributed by atoms with Crippen molar-refractivity contribution < 1.29 is 17.6 Å². The quantitative estimate of drug-likeness (QED) is 0.295. The van der Waals surface area contributed by atoms with E-state index in [4.69, 9.17) is 4.42 Å². The average Bonchev–Trinajstić information content (AvgIpc) is 3.10. The number of nitrogens with zero attached hydrogens (tertiary/aromatic N) is 4. The molecule has 5 rings (SSSR count). The van der Waals surface area contributed by atoms with Gasteiger partial charge in [0.05, 0.1) is 12.2 Å². The normalized spacial score (nSPS) is 23.3. The molecule has 0 spiro atoms. The number of halogens is 3. The molecule has 34 heavy (non-hydrogen) atoms. The molecule has 2 fully saturated rings. The van der Waals surface area contributed by atoms with E-state index < -0.39 is 12.1 Å². The smallest absolute Gasteiger partial charge is 0.395 e. The molecule has 0 radical (unpaired) electrons. The number of likely N-dealkylation sites (tertiary alicyclic amines) is 1. The van der Waals surface area contributed by atoms with Crippen LogP contribution >= 0.6 is 11.8 Å². The Bertz CT molecular complexity index is 1160. The molecule has 5 nitrogen and oxygen atoms in total. The number of rotatable bonds is 8. The first kappa shape index (κ1) is 23.5. The van der Waals surface area contributed by atoms with E-state index in [9.17, 15) is 13.2 Å². The lowest BCUT2D eigenvalue weighted by atomic mass is 9.91. The fraction of sp³-hybridized carbons (Fsp3) is 0.520. The molecule has 3 atom stereocenters. The van der Waals surface area contributed by atoms with Gasteiger partial charge in [0, 0.05) is 31.3 Å². The maximum atomic E-state index is 13.0. The van der Waals surface area contributed by atoms with Gasteiger partial charge in [0.1, 0.15) is 0 Å². The molecule has 1 unspecified atom stereocenters. The second kappa shape index (κ2) is 8.75. The molecule has 0 bridgehead atoms. The Hall–Kier alpha value is -2.26. The molecule has 1 aromatic carbocycles. The van der Waals surface area contributed by atoms with Crippen LogP contribution in [0.5, 0.6) is 0 Å². The van der Waals surface area contributed by atoms with Crippen LogP contribution in [0.15, 0.2) is 46.2 Å². The highest BCUT2D eigenvalue weighted by Gasteiger charge is 2.60. The van der Waals surface area contributed by atoms with Crippen molar-refractivity contribution in [1.82, 2.24) is 19.7 Å². The van der Waals surface area contributed by atoms with Gasteiger partial charge < -0.3 is 13.9 Å². The van der Waals surface area contributed by atoms with Gasteiger partial charge in [0.2, 0.25) is 0 Å². The number of benzene rings is 1. The summed E-state index contributed by atoms with van der Waals surface area (Å²) in [6.45, 7) is 6.28. The molecule has 0 amide bonds. The van der Waals surface area contributed by atoms with Crippen LogP contribution < -0.4 is 0 Å². The van der Waals surface area contributed by atoms with Gasteiger partial charge in [-0.25, -0.2) is 0 Å². The predicted molar refractivity (Wildman–Crippen MR) is 126 cm³/mol. The number of fused-ring (bicyclic) bond motifs is 1. The van der Waals surface area contributed by atoms with E-state index >= 15 is 0 Å². The molecule has 1 saturated heterocycles. The molecule has 3 aromatic rings. The van der Waals surface area contributed by atoms with E-state index in [1.165, 1.54) is 12.5 Å². The van der Waals surface area contributed by atoms with Crippen molar-refractivity contribution in [3.8, 4) is 11.6 Å². The topological polar surface area (TPSA) is 47.1 Å². The highest BCUT2D eigenvalue weighted by atomic mass is 32.2. The van der Waals surface area contributed by atoms with Gasteiger partial charge in [-0.3, -0.25) is 0 Å². The number of hydrogen-bond acceptors (Lipinski definition) is 5. The van der Waals surface area contributed by atoms with Crippen molar-refractivity contribution in [2.24, 2.45) is 13.0 Å². The summed E-state index contributed by atoms with van der Waals surface area (Å²) in [7, 11) is 1.96. The number of hydrogen-bond donors (Lipinski definition) is 0. The van der Waals surface area contributed by atoms with Crippen LogP contribution in [-0.2, 0) is 12.5 Å². The zero-order chi connectivity index (χ0) is 24.1. The number of aryl methyl sites for hydroxylation is 1. The van der Waals surface area contributed by atoms with E-state index in [2.05, 4.69) is 15.1 Å². The number of thioether (sulfide) groups is 1. The van der Waals surface area contributed by atoms with E-state index in [1.54, 1.807) is 30.2 Å². The summed E-state index contributed by atoms with van der Waals surface area (Å²) < 4.78 is 46.5. The fourth-order valence-corrected chi connectivity index (χ4v) is 6.02. The molecule has 1 aliphatic heterocycles. The molecule has 2 aromatic heterocycles. The lowest BCUT2D eigenvalue weighted by Crippen LogP contribution is -2.28. The molecule has 0 N–H and O–H groups in total. The molecule has 182 valence electrons. The number of aromatic nitrogens is 3. The number of piperidine rings is 1. The number of furan rings is 1.